The smallest absolute Gasteiger partial charge is 0.274 e. The summed E-state index contributed by atoms with van der Waals surface area (Å²) >= 11 is 0. The predicted molar refractivity (Wildman–Crippen MR) is 83.9 cm³/mol. The molecule has 0 amide bonds. The third kappa shape index (κ3) is 2.57. The zero-order chi connectivity index (χ0) is 15.7. The van der Waals surface area contributed by atoms with Crippen LogP contribution < -0.4 is 28.3 Å². The van der Waals surface area contributed by atoms with Gasteiger partial charge in [0.15, 0.2) is 0 Å². The van der Waals surface area contributed by atoms with E-state index in [1.807, 2.05) is 6.92 Å². The van der Waals surface area contributed by atoms with Crippen LogP contribution in [0.5, 0.6) is 0 Å². The number of benzene rings is 1. The van der Waals surface area contributed by atoms with Gasteiger partial charge in [0.2, 0.25) is 0 Å². The molecule has 0 aliphatic heterocycles. The molecule has 2 atom stereocenters. The van der Waals surface area contributed by atoms with Crippen molar-refractivity contribution in [2.75, 3.05) is 5.73 Å². The van der Waals surface area contributed by atoms with Crippen LogP contribution in [0.1, 0.15) is 39.0 Å². The lowest BCUT2D eigenvalue weighted by Crippen LogP contribution is -2.46. The average molecular weight is 291 g/mol. The predicted octanol–water partition coefficient (Wildman–Crippen LogP) is 0.480. The average Bonchev–Trinajstić information content (AvgIpc) is 2.42. The molecule has 0 bridgehead atoms. The summed E-state index contributed by atoms with van der Waals surface area (Å²) in [5.74, 6) is 0. The SMILES string of the molecule is CCCC(N)n1c(=O)c2cc(N)ccc2c(=O)n1C(C)N. The first kappa shape index (κ1) is 15.3. The lowest BCUT2D eigenvalue weighted by molar-refractivity contribution is 0.301. The number of hydrogen-bond acceptors (Lipinski definition) is 5. The van der Waals surface area contributed by atoms with E-state index in [-0.39, 0.29) is 16.5 Å². The molecule has 1 aromatic heterocycles. The Morgan fingerprint density at radius 1 is 1.10 bits per heavy atom. The van der Waals surface area contributed by atoms with Crippen LogP contribution in [-0.2, 0) is 0 Å². The minimum Gasteiger partial charge on any atom is -0.399 e. The maximum Gasteiger partial charge on any atom is 0.274 e. The van der Waals surface area contributed by atoms with E-state index >= 15 is 0 Å². The van der Waals surface area contributed by atoms with E-state index in [4.69, 9.17) is 17.2 Å². The molecule has 0 aliphatic rings. The number of anilines is 1. The van der Waals surface area contributed by atoms with Crippen molar-refractivity contribution in [2.24, 2.45) is 11.5 Å². The fraction of sp³-hybridized carbons (Fsp3) is 0.429. The lowest BCUT2D eigenvalue weighted by Gasteiger charge is -2.24. The fourth-order valence-corrected chi connectivity index (χ4v) is 2.48. The van der Waals surface area contributed by atoms with Gasteiger partial charge in [-0.2, -0.15) is 0 Å². The third-order valence-electron chi connectivity index (χ3n) is 3.44. The number of fused-ring (bicyclic) bond motifs is 1. The van der Waals surface area contributed by atoms with E-state index < -0.39 is 12.3 Å². The lowest BCUT2D eigenvalue weighted by atomic mass is 10.1. The second kappa shape index (κ2) is 5.71. The van der Waals surface area contributed by atoms with Crippen LogP contribution in [0.2, 0.25) is 0 Å². The second-order valence-corrected chi connectivity index (χ2v) is 5.20. The van der Waals surface area contributed by atoms with Gasteiger partial charge < -0.3 is 17.2 Å². The molecule has 2 rings (SSSR count). The van der Waals surface area contributed by atoms with Crippen LogP contribution in [0.25, 0.3) is 10.8 Å². The summed E-state index contributed by atoms with van der Waals surface area (Å²) in [4.78, 5) is 25.3. The Labute approximate surface area is 121 Å². The normalized spacial score (nSPS) is 14.3. The van der Waals surface area contributed by atoms with Gasteiger partial charge in [0.25, 0.3) is 11.1 Å². The Balaban J connectivity index is 2.94. The number of rotatable bonds is 4. The van der Waals surface area contributed by atoms with Crippen molar-refractivity contribution in [2.45, 2.75) is 39.0 Å². The second-order valence-electron chi connectivity index (χ2n) is 5.20. The van der Waals surface area contributed by atoms with Gasteiger partial charge in [-0.25, -0.2) is 9.36 Å². The van der Waals surface area contributed by atoms with Gasteiger partial charge in [0.1, 0.15) is 6.17 Å². The van der Waals surface area contributed by atoms with Crippen LogP contribution in [0.4, 0.5) is 5.69 Å². The fourth-order valence-electron chi connectivity index (χ4n) is 2.48. The maximum atomic E-state index is 12.7. The molecule has 1 aromatic carbocycles. The van der Waals surface area contributed by atoms with E-state index in [1.54, 1.807) is 19.1 Å². The van der Waals surface area contributed by atoms with E-state index in [2.05, 4.69) is 0 Å². The van der Waals surface area contributed by atoms with Crippen molar-refractivity contribution in [1.29, 1.82) is 0 Å². The molecule has 1 heterocycles. The number of nitrogen functional groups attached to an aromatic ring is 1. The monoisotopic (exact) mass is 291 g/mol. The van der Waals surface area contributed by atoms with Crippen LogP contribution in [0, 0.1) is 0 Å². The molecule has 2 aromatic rings. The Morgan fingerprint density at radius 3 is 2.29 bits per heavy atom. The van der Waals surface area contributed by atoms with Crippen LogP contribution in [-0.4, -0.2) is 9.36 Å². The molecule has 0 spiro atoms. The molecule has 7 nitrogen and oxygen atoms in total. The van der Waals surface area contributed by atoms with E-state index in [9.17, 15) is 9.59 Å². The Morgan fingerprint density at radius 2 is 1.71 bits per heavy atom. The Bertz CT molecular complexity index is 775. The summed E-state index contributed by atoms with van der Waals surface area (Å²) in [5.41, 5.74) is 17.4. The highest BCUT2D eigenvalue weighted by Gasteiger charge is 2.19. The zero-order valence-electron chi connectivity index (χ0n) is 12.2. The minimum atomic E-state index is -0.657. The first-order valence-electron chi connectivity index (χ1n) is 6.96. The molecular weight excluding hydrogens is 270 g/mol. The first-order valence-corrected chi connectivity index (χ1v) is 6.96. The summed E-state index contributed by atoms with van der Waals surface area (Å²) < 4.78 is 2.47. The summed E-state index contributed by atoms with van der Waals surface area (Å²) in [6.45, 7) is 3.59. The van der Waals surface area contributed by atoms with Gasteiger partial charge in [0, 0.05) is 5.69 Å². The number of aromatic nitrogens is 2. The third-order valence-corrected chi connectivity index (χ3v) is 3.44. The molecule has 0 radical (unpaired) electrons. The molecule has 0 saturated carbocycles. The Hall–Kier alpha value is -2.12. The Kier molecular flexibility index (Phi) is 4.15. The van der Waals surface area contributed by atoms with Gasteiger partial charge in [0.05, 0.1) is 16.9 Å². The first-order chi connectivity index (χ1) is 9.88. The van der Waals surface area contributed by atoms with Gasteiger partial charge in [-0.05, 0) is 31.5 Å². The van der Waals surface area contributed by atoms with Crippen LogP contribution >= 0.6 is 0 Å². The van der Waals surface area contributed by atoms with E-state index in [0.29, 0.717) is 17.5 Å². The quantitative estimate of drug-likeness (QED) is 0.707. The number of nitrogens with zero attached hydrogens (tertiary/aromatic N) is 2. The van der Waals surface area contributed by atoms with Crippen molar-refractivity contribution >= 4 is 16.5 Å². The summed E-state index contributed by atoms with van der Waals surface area (Å²) in [6, 6.07) is 4.63. The molecule has 21 heavy (non-hydrogen) atoms. The van der Waals surface area contributed by atoms with Crippen molar-refractivity contribution < 1.29 is 0 Å². The molecule has 0 aliphatic carbocycles. The topological polar surface area (TPSA) is 122 Å². The highest BCUT2D eigenvalue weighted by molar-refractivity contribution is 5.83. The van der Waals surface area contributed by atoms with Gasteiger partial charge >= 0.3 is 0 Å². The summed E-state index contributed by atoms with van der Waals surface area (Å²) in [5, 5.41) is 0.565. The molecule has 2 unspecified atom stereocenters. The van der Waals surface area contributed by atoms with Crippen LogP contribution in [0.15, 0.2) is 27.8 Å². The highest BCUT2D eigenvalue weighted by atomic mass is 16.2. The van der Waals surface area contributed by atoms with Gasteiger partial charge in [-0.15, -0.1) is 0 Å². The summed E-state index contributed by atoms with van der Waals surface area (Å²) in [7, 11) is 0. The summed E-state index contributed by atoms with van der Waals surface area (Å²) in [6.07, 6.45) is 0.0948. The molecule has 7 heteroatoms. The largest absolute Gasteiger partial charge is 0.399 e. The highest BCUT2D eigenvalue weighted by Crippen LogP contribution is 2.13. The van der Waals surface area contributed by atoms with Crippen molar-refractivity contribution in [3.05, 3.63) is 38.9 Å². The van der Waals surface area contributed by atoms with Gasteiger partial charge in [-0.3, -0.25) is 9.59 Å². The van der Waals surface area contributed by atoms with E-state index in [1.165, 1.54) is 15.4 Å². The zero-order valence-corrected chi connectivity index (χ0v) is 12.2. The molecular formula is C14H21N5O2. The number of hydrogen-bond donors (Lipinski definition) is 3. The standard InChI is InChI=1S/C14H21N5O2/c1-3-4-12(17)19-14(21)11-7-9(16)5-6-10(11)13(20)18(19)8(2)15/h5-8,12H,3-4,15-17H2,1-2H3. The number of nitrogens with two attached hydrogens (primary N) is 3. The molecule has 6 N–H and O–H groups in total. The minimum absolute atomic E-state index is 0.267. The maximum absolute atomic E-state index is 12.7. The van der Waals surface area contributed by atoms with Crippen molar-refractivity contribution in [1.82, 2.24) is 9.36 Å². The van der Waals surface area contributed by atoms with Crippen LogP contribution in [0.3, 0.4) is 0 Å². The van der Waals surface area contributed by atoms with Gasteiger partial charge in [-0.1, -0.05) is 13.3 Å². The molecule has 114 valence electrons. The van der Waals surface area contributed by atoms with E-state index in [0.717, 1.165) is 6.42 Å². The molecule has 0 fully saturated rings. The van der Waals surface area contributed by atoms with Crippen molar-refractivity contribution in [3.8, 4) is 0 Å². The van der Waals surface area contributed by atoms with Crippen molar-refractivity contribution in [3.63, 3.8) is 0 Å². The molecule has 0 saturated heterocycles.